The Bertz CT molecular complexity index is 561. The number of rotatable bonds is 5. The molecular weight excluding hydrogens is 410 g/mol. The van der Waals surface area contributed by atoms with Gasteiger partial charge in [0.15, 0.2) is 6.23 Å². The number of amides is 3. The van der Waals surface area contributed by atoms with Gasteiger partial charge >= 0.3 is 0 Å². The first-order valence-electron chi connectivity index (χ1n) is 6.14. The summed E-state index contributed by atoms with van der Waals surface area (Å²) in [5.41, 5.74) is 5.65. The van der Waals surface area contributed by atoms with E-state index in [4.69, 9.17) is 5.73 Å². The van der Waals surface area contributed by atoms with Gasteiger partial charge in [-0.15, -0.1) is 0 Å². The minimum absolute atomic E-state index is 0.0912. The molecule has 0 saturated carbocycles. The maximum Gasteiger partial charge on any atom is 0.267 e. The summed E-state index contributed by atoms with van der Waals surface area (Å²) in [4.78, 5) is 37.5. The molecule has 0 fully saturated rings. The zero-order chi connectivity index (χ0) is 15.7. The number of hydrogen-bond donors (Lipinski definition) is 2. The lowest BCUT2D eigenvalue weighted by Gasteiger charge is -2.28. The molecule has 0 spiro atoms. The number of aliphatic hydroxyl groups is 1. The molecule has 2 heterocycles. The third-order valence-corrected chi connectivity index (χ3v) is 4.49. The summed E-state index contributed by atoms with van der Waals surface area (Å²) in [5, 5.41) is 9.86. The van der Waals surface area contributed by atoms with Crippen molar-refractivity contribution >= 4 is 49.6 Å². The van der Waals surface area contributed by atoms with Crippen molar-refractivity contribution in [2.45, 2.75) is 6.23 Å². The number of aliphatic hydroxyl groups excluding tert-OH is 1. The Balaban J connectivity index is 2.01. The van der Waals surface area contributed by atoms with Gasteiger partial charge in [0.05, 0.1) is 4.48 Å². The van der Waals surface area contributed by atoms with Gasteiger partial charge in [0, 0.05) is 35.6 Å². The molecule has 114 valence electrons. The van der Waals surface area contributed by atoms with Gasteiger partial charge in [0.25, 0.3) is 11.8 Å². The van der Waals surface area contributed by atoms with Crippen LogP contribution in [-0.4, -0.2) is 58.5 Å². The standard InChI is InChI=1S/C12H13Br2N3O4/c13-7-1-9(18)16(11(7)20)4-6(3-15)5-17-10(19)2-8(14)12(17)21/h1-2,6,11,20H,3-5,15H2. The van der Waals surface area contributed by atoms with Gasteiger partial charge in [-0.2, -0.15) is 0 Å². The molecule has 3 amide bonds. The van der Waals surface area contributed by atoms with Crippen LogP contribution in [0.4, 0.5) is 0 Å². The molecule has 2 aliphatic heterocycles. The minimum atomic E-state index is -1.05. The van der Waals surface area contributed by atoms with Crippen LogP contribution < -0.4 is 5.73 Å². The highest BCUT2D eigenvalue weighted by atomic mass is 79.9. The van der Waals surface area contributed by atoms with Crippen LogP contribution >= 0.6 is 31.9 Å². The van der Waals surface area contributed by atoms with E-state index < -0.39 is 18.0 Å². The molecule has 21 heavy (non-hydrogen) atoms. The molecular formula is C12H13Br2N3O4. The quantitative estimate of drug-likeness (QED) is 0.589. The molecule has 0 aromatic heterocycles. The summed E-state index contributed by atoms with van der Waals surface area (Å²) >= 11 is 6.11. The van der Waals surface area contributed by atoms with Gasteiger partial charge < -0.3 is 15.7 Å². The van der Waals surface area contributed by atoms with Gasteiger partial charge in [0.2, 0.25) is 5.91 Å². The fourth-order valence-electron chi connectivity index (χ4n) is 2.13. The Morgan fingerprint density at radius 1 is 1.19 bits per heavy atom. The van der Waals surface area contributed by atoms with E-state index >= 15 is 0 Å². The normalized spacial score (nSPS) is 23.8. The number of imide groups is 1. The molecule has 0 aromatic carbocycles. The number of carbonyl (C=O) groups is 3. The van der Waals surface area contributed by atoms with Crippen LogP contribution in [0.2, 0.25) is 0 Å². The second-order valence-electron chi connectivity index (χ2n) is 4.74. The Morgan fingerprint density at radius 2 is 1.86 bits per heavy atom. The van der Waals surface area contributed by atoms with Gasteiger partial charge in [-0.05, 0) is 22.5 Å². The fraction of sp³-hybridized carbons (Fsp3) is 0.417. The first-order chi connectivity index (χ1) is 9.85. The number of nitrogens with zero attached hydrogens (tertiary/aromatic N) is 2. The average Bonchev–Trinajstić information content (AvgIpc) is 2.81. The number of carbonyl (C=O) groups excluding carboxylic acids is 3. The van der Waals surface area contributed by atoms with Crippen LogP contribution in [0.3, 0.4) is 0 Å². The summed E-state index contributed by atoms with van der Waals surface area (Å²) < 4.78 is 0.575. The van der Waals surface area contributed by atoms with Crippen LogP contribution in [0.25, 0.3) is 0 Å². The highest BCUT2D eigenvalue weighted by Crippen LogP contribution is 2.24. The molecule has 2 unspecified atom stereocenters. The second-order valence-corrected chi connectivity index (χ2v) is 6.51. The maximum absolute atomic E-state index is 11.8. The molecule has 0 radical (unpaired) electrons. The highest BCUT2D eigenvalue weighted by Gasteiger charge is 2.35. The second kappa shape index (κ2) is 6.39. The SMILES string of the molecule is NCC(CN1C(=O)C=C(Br)C1=O)CN1C(=O)C=C(Br)C1O. The lowest BCUT2D eigenvalue weighted by molar-refractivity contribution is -0.137. The summed E-state index contributed by atoms with van der Waals surface area (Å²) in [5.74, 6) is -1.51. The first-order valence-corrected chi connectivity index (χ1v) is 7.72. The van der Waals surface area contributed by atoms with Gasteiger partial charge in [-0.25, -0.2) is 0 Å². The predicted octanol–water partition coefficient (Wildman–Crippen LogP) is -0.352. The fourth-order valence-corrected chi connectivity index (χ4v) is 2.98. The number of halogens is 2. The van der Waals surface area contributed by atoms with Gasteiger partial charge in [0.1, 0.15) is 0 Å². The van der Waals surface area contributed by atoms with Crippen LogP contribution in [0.5, 0.6) is 0 Å². The van der Waals surface area contributed by atoms with Crippen molar-refractivity contribution < 1.29 is 19.5 Å². The third-order valence-electron chi connectivity index (χ3n) is 3.28. The van der Waals surface area contributed by atoms with E-state index in [0.29, 0.717) is 4.48 Å². The van der Waals surface area contributed by atoms with E-state index in [-0.39, 0.29) is 35.9 Å². The molecule has 2 aliphatic rings. The first kappa shape index (κ1) is 16.3. The Kier molecular flexibility index (Phi) is 4.97. The summed E-state index contributed by atoms with van der Waals surface area (Å²) in [7, 11) is 0. The zero-order valence-electron chi connectivity index (χ0n) is 10.8. The van der Waals surface area contributed by atoms with Crippen molar-refractivity contribution in [2.75, 3.05) is 19.6 Å². The monoisotopic (exact) mass is 421 g/mol. The number of hydrogen-bond acceptors (Lipinski definition) is 5. The average molecular weight is 423 g/mol. The van der Waals surface area contributed by atoms with E-state index in [1.54, 1.807) is 0 Å². The van der Waals surface area contributed by atoms with Crippen LogP contribution in [0.15, 0.2) is 21.1 Å². The largest absolute Gasteiger partial charge is 0.369 e. The smallest absolute Gasteiger partial charge is 0.267 e. The van der Waals surface area contributed by atoms with Crippen molar-refractivity contribution in [2.24, 2.45) is 11.7 Å². The van der Waals surface area contributed by atoms with Crippen molar-refractivity contribution in [1.29, 1.82) is 0 Å². The highest BCUT2D eigenvalue weighted by molar-refractivity contribution is 9.12. The molecule has 0 saturated heterocycles. The molecule has 0 aliphatic carbocycles. The van der Waals surface area contributed by atoms with Gasteiger partial charge in [-0.1, -0.05) is 15.9 Å². The van der Waals surface area contributed by atoms with Crippen molar-refractivity contribution in [3.8, 4) is 0 Å². The van der Waals surface area contributed by atoms with Crippen molar-refractivity contribution in [3.05, 3.63) is 21.1 Å². The summed E-state index contributed by atoms with van der Waals surface area (Å²) in [6.07, 6.45) is 1.42. The Hall–Kier alpha value is -1.03. The topological polar surface area (TPSA) is 104 Å². The maximum atomic E-state index is 11.8. The Morgan fingerprint density at radius 3 is 2.29 bits per heavy atom. The van der Waals surface area contributed by atoms with Crippen LogP contribution in [0, 0.1) is 5.92 Å². The summed E-state index contributed by atoms with van der Waals surface area (Å²) in [6.45, 7) is 0.410. The van der Waals surface area contributed by atoms with E-state index in [0.717, 1.165) is 4.90 Å². The van der Waals surface area contributed by atoms with Gasteiger partial charge in [-0.3, -0.25) is 19.3 Å². The van der Waals surface area contributed by atoms with E-state index in [9.17, 15) is 19.5 Å². The molecule has 0 aromatic rings. The lowest BCUT2D eigenvalue weighted by Crippen LogP contribution is -2.45. The number of nitrogens with two attached hydrogens (primary N) is 1. The molecule has 3 N–H and O–H groups in total. The third kappa shape index (κ3) is 3.25. The van der Waals surface area contributed by atoms with Crippen molar-refractivity contribution in [1.82, 2.24) is 9.80 Å². The minimum Gasteiger partial charge on any atom is -0.369 e. The lowest BCUT2D eigenvalue weighted by atomic mass is 10.1. The van der Waals surface area contributed by atoms with E-state index in [1.807, 2.05) is 0 Å². The van der Waals surface area contributed by atoms with Crippen LogP contribution in [0.1, 0.15) is 0 Å². The van der Waals surface area contributed by atoms with Crippen LogP contribution in [-0.2, 0) is 14.4 Å². The van der Waals surface area contributed by atoms with E-state index in [2.05, 4.69) is 31.9 Å². The van der Waals surface area contributed by atoms with E-state index in [1.165, 1.54) is 17.1 Å². The van der Waals surface area contributed by atoms with Crippen molar-refractivity contribution in [3.63, 3.8) is 0 Å². The predicted molar refractivity (Wildman–Crippen MR) is 81.0 cm³/mol. The molecule has 2 rings (SSSR count). The molecule has 2 atom stereocenters. The Labute approximate surface area is 137 Å². The molecule has 7 nitrogen and oxygen atoms in total. The molecule has 0 bridgehead atoms. The summed E-state index contributed by atoms with van der Waals surface area (Å²) in [6, 6.07) is 0. The molecule has 9 heteroatoms. The zero-order valence-corrected chi connectivity index (χ0v) is 14.0.